The summed E-state index contributed by atoms with van der Waals surface area (Å²) in [6.07, 6.45) is 3.54. The Morgan fingerprint density at radius 2 is 2.25 bits per heavy atom. The highest BCUT2D eigenvalue weighted by Gasteiger charge is 2.27. The molecule has 2 aliphatic rings. The number of nitrogens with zero attached hydrogens (tertiary/aromatic N) is 1. The number of hydrogen-bond acceptors (Lipinski definition) is 4. The van der Waals surface area contributed by atoms with Crippen molar-refractivity contribution in [3.05, 3.63) is 22.4 Å². The summed E-state index contributed by atoms with van der Waals surface area (Å²) in [5, 5.41) is 5.01. The SMILES string of the molecule is O=C(NCC1CCN([C@@H]2CCOC2)CC1)c1cccs1. The number of rotatable bonds is 4. The first-order chi connectivity index (χ1) is 9.83. The van der Waals surface area contributed by atoms with Crippen molar-refractivity contribution in [2.75, 3.05) is 32.8 Å². The minimum atomic E-state index is 0.0756. The van der Waals surface area contributed by atoms with Crippen LogP contribution in [0.1, 0.15) is 28.9 Å². The number of thiophene rings is 1. The van der Waals surface area contributed by atoms with Crippen LogP contribution < -0.4 is 5.32 Å². The Morgan fingerprint density at radius 3 is 2.90 bits per heavy atom. The van der Waals surface area contributed by atoms with E-state index in [0.717, 1.165) is 37.7 Å². The van der Waals surface area contributed by atoms with Gasteiger partial charge in [-0.2, -0.15) is 0 Å². The maximum atomic E-state index is 11.9. The van der Waals surface area contributed by atoms with Crippen molar-refractivity contribution in [1.82, 2.24) is 10.2 Å². The first kappa shape index (κ1) is 14.0. The Bertz CT molecular complexity index is 421. The maximum absolute atomic E-state index is 11.9. The van der Waals surface area contributed by atoms with Crippen LogP contribution in [-0.2, 0) is 4.74 Å². The van der Waals surface area contributed by atoms with E-state index in [2.05, 4.69) is 10.2 Å². The van der Waals surface area contributed by atoms with Crippen molar-refractivity contribution >= 4 is 17.2 Å². The summed E-state index contributed by atoms with van der Waals surface area (Å²) in [5.41, 5.74) is 0. The number of carbonyl (C=O) groups excluding carboxylic acids is 1. The maximum Gasteiger partial charge on any atom is 0.261 e. The second-order valence-corrected chi connectivity index (χ2v) is 6.63. The number of amides is 1. The third kappa shape index (κ3) is 3.40. The van der Waals surface area contributed by atoms with Crippen molar-refractivity contribution in [3.8, 4) is 0 Å². The van der Waals surface area contributed by atoms with E-state index < -0.39 is 0 Å². The molecule has 0 bridgehead atoms. The summed E-state index contributed by atoms with van der Waals surface area (Å²) in [4.78, 5) is 15.3. The molecular weight excluding hydrogens is 272 g/mol. The lowest BCUT2D eigenvalue weighted by Crippen LogP contribution is -2.43. The molecule has 5 heteroatoms. The second kappa shape index (κ2) is 6.70. The van der Waals surface area contributed by atoms with Gasteiger partial charge >= 0.3 is 0 Å². The Morgan fingerprint density at radius 1 is 1.40 bits per heavy atom. The predicted octanol–water partition coefficient (Wildman–Crippen LogP) is 1.98. The second-order valence-electron chi connectivity index (χ2n) is 5.68. The van der Waals surface area contributed by atoms with Crippen LogP contribution in [0.15, 0.2) is 17.5 Å². The monoisotopic (exact) mass is 294 g/mol. The largest absolute Gasteiger partial charge is 0.380 e. The molecule has 4 nitrogen and oxygen atoms in total. The molecule has 0 saturated carbocycles. The van der Waals surface area contributed by atoms with Gasteiger partial charge in [-0.15, -0.1) is 11.3 Å². The smallest absolute Gasteiger partial charge is 0.261 e. The fourth-order valence-corrected chi connectivity index (χ4v) is 3.70. The molecule has 0 unspecified atom stereocenters. The zero-order valence-corrected chi connectivity index (χ0v) is 12.5. The first-order valence-electron chi connectivity index (χ1n) is 7.46. The Kier molecular flexibility index (Phi) is 4.70. The third-order valence-electron chi connectivity index (χ3n) is 4.37. The molecule has 1 amide bonds. The average Bonchev–Trinajstić information content (AvgIpc) is 3.18. The minimum absolute atomic E-state index is 0.0756. The molecule has 0 radical (unpaired) electrons. The van der Waals surface area contributed by atoms with Crippen LogP contribution in [0.3, 0.4) is 0 Å². The highest BCUT2D eigenvalue weighted by atomic mass is 32.1. The van der Waals surface area contributed by atoms with Gasteiger partial charge in [-0.1, -0.05) is 6.07 Å². The highest BCUT2D eigenvalue weighted by Crippen LogP contribution is 2.22. The van der Waals surface area contributed by atoms with Crippen molar-refractivity contribution in [1.29, 1.82) is 0 Å². The number of carbonyl (C=O) groups is 1. The lowest BCUT2D eigenvalue weighted by atomic mass is 9.95. The van der Waals surface area contributed by atoms with Crippen LogP contribution in [-0.4, -0.2) is 49.7 Å². The van der Waals surface area contributed by atoms with Gasteiger partial charge in [0.2, 0.25) is 0 Å². The summed E-state index contributed by atoms with van der Waals surface area (Å²) in [6, 6.07) is 4.43. The van der Waals surface area contributed by atoms with Crippen molar-refractivity contribution in [3.63, 3.8) is 0 Å². The van der Waals surface area contributed by atoms with E-state index in [4.69, 9.17) is 4.74 Å². The summed E-state index contributed by atoms with van der Waals surface area (Å²) in [6.45, 7) is 4.92. The van der Waals surface area contributed by atoms with Crippen LogP contribution in [0.25, 0.3) is 0 Å². The fourth-order valence-electron chi connectivity index (χ4n) is 3.06. The zero-order chi connectivity index (χ0) is 13.8. The molecule has 0 aromatic carbocycles. The molecule has 1 N–H and O–H groups in total. The van der Waals surface area contributed by atoms with Crippen LogP contribution in [0.4, 0.5) is 0 Å². The number of piperidine rings is 1. The normalized spacial score (nSPS) is 24.9. The lowest BCUT2D eigenvalue weighted by molar-refractivity contribution is 0.0914. The van der Waals surface area contributed by atoms with Gasteiger partial charge in [0.1, 0.15) is 0 Å². The quantitative estimate of drug-likeness (QED) is 0.923. The topological polar surface area (TPSA) is 41.6 Å². The van der Waals surface area contributed by atoms with Gasteiger partial charge in [-0.3, -0.25) is 9.69 Å². The standard InChI is InChI=1S/C15H22N2O2S/c18-15(14-2-1-9-20-14)16-10-12-3-6-17(7-4-12)13-5-8-19-11-13/h1-2,9,12-13H,3-8,10-11H2,(H,16,18)/t13-/m1/s1. The fraction of sp³-hybridized carbons (Fsp3) is 0.667. The van der Waals surface area contributed by atoms with E-state index >= 15 is 0 Å². The molecule has 20 heavy (non-hydrogen) atoms. The summed E-state index contributed by atoms with van der Waals surface area (Å²) in [7, 11) is 0. The van der Waals surface area contributed by atoms with Crippen molar-refractivity contribution in [2.45, 2.75) is 25.3 Å². The number of likely N-dealkylation sites (tertiary alicyclic amines) is 1. The van der Waals surface area contributed by atoms with Crippen molar-refractivity contribution in [2.24, 2.45) is 5.92 Å². The molecule has 3 rings (SSSR count). The summed E-state index contributed by atoms with van der Waals surface area (Å²) < 4.78 is 5.46. The average molecular weight is 294 g/mol. The minimum Gasteiger partial charge on any atom is -0.380 e. The summed E-state index contributed by atoms with van der Waals surface area (Å²) >= 11 is 1.50. The van der Waals surface area contributed by atoms with Gasteiger partial charge in [0, 0.05) is 19.2 Å². The van der Waals surface area contributed by atoms with Crippen LogP contribution in [0, 0.1) is 5.92 Å². The lowest BCUT2D eigenvalue weighted by Gasteiger charge is -2.35. The number of ether oxygens (including phenoxy) is 1. The van der Waals surface area contributed by atoms with Gasteiger partial charge in [-0.05, 0) is 49.7 Å². The third-order valence-corrected chi connectivity index (χ3v) is 5.24. The van der Waals surface area contributed by atoms with Gasteiger partial charge in [0.25, 0.3) is 5.91 Å². The van der Waals surface area contributed by atoms with Gasteiger partial charge < -0.3 is 10.1 Å². The molecular formula is C15H22N2O2S. The van der Waals surface area contributed by atoms with E-state index in [1.807, 2.05) is 17.5 Å². The molecule has 1 atom stereocenters. The number of hydrogen-bond donors (Lipinski definition) is 1. The zero-order valence-electron chi connectivity index (χ0n) is 11.7. The van der Waals surface area contributed by atoms with E-state index in [0.29, 0.717) is 12.0 Å². The first-order valence-corrected chi connectivity index (χ1v) is 8.34. The molecule has 2 fully saturated rings. The van der Waals surface area contributed by atoms with E-state index in [1.54, 1.807) is 0 Å². The molecule has 2 saturated heterocycles. The highest BCUT2D eigenvalue weighted by molar-refractivity contribution is 7.12. The van der Waals surface area contributed by atoms with Gasteiger partial charge in [0.15, 0.2) is 0 Å². The van der Waals surface area contributed by atoms with E-state index in [9.17, 15) is 4.79 Å². The Balaban J connectivity index is 1.39. The predicted molar refractivity (Wildman–Crippen MR) is 80.2 cm³/mol. The summed E-state index contributed by atoms with van der Waals surface area (Å²) in [5.74, 6) is 0.698. The molecule has 3 heterocycles. The molecule has 0 spiro atoms. The van der Waals surface area contributed by atoms with Crippen LogP contribution in [0.2, 0.25) is 0 Å². The molecule has 1 aromatic rings. The van der Waals surface area contributed by atoms with Crippen LogP contribution >= 0.6 is 11.3 Å². The van der Waals surface area contributed by atoms with E-state index in [1.165, 1.54) is 30.6 Å². The van der Waals surface area contributed by atoms with E-state index in [-0.39, 0.29) is 5.91 Å². The molecule has 2 aliphatic heterocycles. The molecule has 1 aromatic heterocycles. The van der Waals surface area contributed by atoms with Crippen molar-refractivity contribution < 1.29 is 9.53 Å². The Hall–Kier alpha value is -0.910. The Labute approximate surface area is 124 Å². The molecule has 110 valence electrons. The van der Waals surface area contributed by atoms with Crippen LogP contribution in [0.5, 0.6) is 0 Å². The number of nitrogens with one attached hydrogen (secondary N) is 1. The van der Waals surface area contributed by atoms with Gasteiger partial charge in [-0.25, -0.2) is 0 Å². The van der Waals surface area contributed by atoms with Gasteiger partial charge in [0.05, 0.1) is 11.5 Å². The molecule has 0 aliphatic carbocycles.